The number of aliphatic hydroxyl groups is 1. The van der Waals surface area contributed by atoms with Crippen LogP contribution in [-0.2, 0) is 20.8 Å². The van der Waals surface area contributed by atoms with Gasteiger partial charge in [0.1, 0.15) is 12.3 Å². The van der Waals surface area contributed by atoms with Crippen molar-refractivity contribution in [1.82, 2.24) is 9.13 Å². The molecule has 0 saturated carbocycles. The molecule has 2 aliphatic rings. The Balaban J connectivity index is 1.92. The zero-order valence-electron chi connectivity index (χ0n) is 15.4. The van der Waals surface area contributed by atoms with E-state index >= 15 is 0 Å². The van der Waals surface area contributed by atoms with Gasteiger partial charge in [-0.05, 0) is 26.3 Å². The molecule has 1 aromatic heterocycles. The molecular formula is C16H23N5O6. The Morgan fingerprint density at radius 3 is 2.78 bits per heavy atom. The standard InChI is InChI=1S/C16H23N5O6/c1-9-5-20(13-4-11(18-19-17)12(7-22)26-13)15(24)21(14(9)23)6-10-8-25-16(2,3)27-10/h5,10-13,22H,4,6-8H2,1-3H3/t10?,11?,12-,13-/m1/s1. The summed E-state index contributed by atoms with van der Waals surface area (Å²) >= 11 is 0. The maximum atomic E-state index is 12.9. The fraction of sp³-hybridized carbons (Fsp3) is 0.750. The Kier molecular flexibility index (Phi) is 5.41. The first-order valence-corrected chi connectivity index (χ1v) is 8.70. The molecule has 11 heteroatoms. The smallest absolute Gasteiger partial charge is 0.333 e. The molecule has 3 heterocycles. The van der Waals surface area contributed by atoms with Crippen molar-refractivity contribution in [3.8, 4) is 0 Å². The molecular weight excluding hydrogens is 358 g/mol. The molecule has 2 aliphatic heterocycles. The zero-order valence-corrected chi connectivity index (χ0v) is 15.4. The van der Waals surface area contributed by atoms with Gasteiger partial charge in [0, 0.05) is 23.1 Å². The minimum atomic E-state index is -0.761. The fourth-order valence-corrected chi connectivity index (χ4v) is 3.42. The van der Waals surface area contributed by atoms with Crippen molar-refractivity contribution in [2.24, 2.45) is 5.11 Å². The Labute approximate surface area is 154 Å². The molecule has 1 aromatic rings. The molecule has 2 fully saturated rings. The van der Waals surface area contributed by atoms with Gasteiger partial charge in [-0.3, -0.25) is 13.9 Å². The van der Waals surface area contributed by atoms with E-state index in [9.17, 15) is 14.7 Å². The lowest BCUT2D eigenvalue weighted by atomic mass is 10.1. The van der Waals surface area contributed by atoms with Crippen molar-refractivity contribution in [3.05, 3.63) is 43.0 Å². The predicted molar refractivity (Wildman–Crippen MR) is 93.1 cm³/mol. The molecule has 4 atom stereocenters. The minimum Gasteiger partial charge on any atom is -0.394 e. The van der Waals surface area contributed by atoms with E-state index in [4.69, 9.17) is 19.7 Å². The average molecular weight is 381 g/mol. The Bertz CT molecular complexity index is 871. The highest BCUT2D eigenvalue weighted by molar-refractivity contribution is 5.04. The quantitative estimate of drug-likeness (QED) is 0.445. The number of aryl methyl sites for hydroxylation is 1. The van der Waals surface area contributed by atoms with Gasteiger partial charge < -0.3 is 19.3 Å². The van der Waals surface area contributed by atoms with E-state index in [-0.39, 0.29) is 26.2 Å². The lowest BCUT2D eigenvalue weighted by Gasteiger charge is -2.20. The number of hydrogen-bond acceptors (Lipinski definition) is 7. The number of nitrogens with zero attached hydrogens (tertiary/aromatic N) is 5. The maximum Gasteiger partial charge on any atom is 0.333 e. The molecule has 0 spiro atoms. The van der Waals surface area contributed by atoms with Gasteiger partial charge >= 0.3 is 5.69 Å². The number of aliphatic hydroxyl groups excluding tert-OH is 1. The van der Waals surface area contributed by atoms with Crippen LogP contribution in [0.3, 0.4) is 0 Å². The summed E-state index contributed by atoms with van der Waals surface area (Å²) in [7, 11) is 0. The van der Waals surface area contributed by atoms with E-state index in [1.807, 2.05) is 0 Å². The number of ether oxygens (including phenoxy) is 3. The van der Waals surface area contributed by atoms with Crippen molar-refractivity contribution in [2.45, 2.75) is 64.0 Å². The molecule has 11 nitrogen and oxygen atoms in total. The molecule has 0 bridgehead atoms. The van der Waals surface area contributed by atoms with Gasteiger partial charge in [-0.2, -0.15) is 0 Å². The average Bonchev–Trinajstić information content (AvgIpc) is 3.18. The van der Waals surface area contributed by atoms with Crippen LogP contribution < -0.4 is 11.2 Å². The third kappa shape index (κ3) is 3.92. The molecule has 3 rings (SSSR count). The SMILES string of the molecule is Cc1cn([C@H]2CC(N=[N+]=[N-])[C@@H](CO)O2)c(=O)n(CC2COC(C)(C)O2)c1=O. The molecule has 0 aromatic carbocycles. The van der Waals surface area contributed by atoms with Crippen molar-refractivity contribution >= 4 is 0 Å². The van der Waals surface area contributed by atoms with Crippen LogP contribution >= 0.6 is 0 Å². The highest BCUT2D eigenvalue weighted by atomic mass is 16.7. The number of azide groups is 1. The van der Waals surface area contributed by atoms with Crippen molar-refractivity contribution in [3.63, 3.8) is 0 Å². The summed E-state index contributed by atoms with van der Waals surface area (Å²) < 4.78 is 19.3. The van der Waals surface area contributed by atoms with Crippen molar-refractivity contribution in [1.29, 1.82) is 0 Å². The number of aromatic nitrogens is 2. The number of hydrogen-bond donors (Lipinski definition) is 1. The van der Waals surface area contributed by atoms with E-state index in [2.05, 4.69) is 10.0 Å². The van der Waals surface area contributed by atoms with Crippen LogP contribution in [0.25, 0.3) is 10.4 Å². The second kappa shape index (κ2) is 7.45. The summed E-state index contributed by atoms with van der Waals surface area (Å²) in [6, 6.07) is -0.593. The fourth-order valence-electron chi connectivity index (χ4n) is 3.42. The molecule has 1 N–H and O–H groups in total. The zero-order chi connectivity index (χ0) is 19.8. The van der Waals surface area contributed by atoms with E-state index in [0.717, 1.165) is 4.57 Å². The second-order valence-corrected chi connectivity index (χ2v) is 7.19. The Hall–Kier alpha value is -2.17. The van der Waals surface area contributed by atoms with Crippen LogP contribution in [0.2, 0.25) is 0 Å². The molecule has 2 saturated heterocycles. The van der Waals surface area contributed by atoms with Gasteiger partial charge in [0.05, 0.1) is 31.9 Å². The molecule has 2 unspecified atom stereocenters. The van der Waals surface area contributed by atoms with Gasteiger partial charge in [0.2, 0.25) is 0 Å². The van der Waals surface area contributed by atoms with Crippen LogP contribution in [0.4, 0.5) is 0 Å². The van der Waals surface area contributed by atoms with Gasteiger partial charge in [-0.25, -0.2) is 4.79 Å². The first kappa shape index (κ1) is 19.6. The molecule has 0 amide bonds. The van der Waals surface area contributed by atoms with E-state index < -0.39 is 41.5 Å². The van der Waals surface area contributed by atoms with Gasteiger partial charge in [0.15, 0.2) is 5.79 Å². The van der Waals surface area contributed by atoms with E-state index in [0.29, 0.717) is 5.56 Å². The monoisotopic (exact) mass is 381 g/mol. The Morgan fingerprint density at radius 1 is 1.44 bits per heavy atom. The lowest BCUT2D eigenvalue weighted by molar-refractivity contribution is -0.139. The number of rotatable bonds is 5. The summed E-state index contributed by atoms with van der Waals surface area (Å²) in [6.07, 6.45) is -0.220. The topological polar surface area (TPSA) is 141 Å². The predicted octanol–water partition coefficient (Wildman–Crippen LogP) is 0.429. The summed E-state index contributed by atoms with van der Waals surface area (Å²) in [4.78, 5) is 28.2. The van der Waals surface area contributed by atoms with Crippen LogP contribution in [0.5, 0.6) is 0 Å². The highest BCUT2D eigenvalue weighted by Crippen LogP contribution is 2.30. The molecule has 148 valence electrons. The molecule has 0 aliphatic carbocycles. The Morgan fingerprint density at radius 2 is 2.19 bits per heavy atom. The molecule has 27 heavy (non-hydrogen) atoms. The first-order chi connectivity index (χ1) is 12.8. The highest BCUT2D eigenvalue weighted by Gasteiger charge is 2.37. The van der Waals surface area contributed by atoms with Crippen LogP contribution in [0.1, 0.15) is 32.1 Å². The van der Waals surface area contributed by atoms with E-state index in [1.165, 1.54) is 10.8 Å². The van der Waals surface area contributed by atoms with Gasteiger partial charge in [-0.15, -0.1) is 0 Å². The summed E-state index contributed by atoms with van der Waals surface area (Å²) in [5.41, 5.74) is 8.06. The van der Waals surface area contributed by atoms with Gasteiger partial charge in [0.25, 0.3) is 5.56 Å². The third-order valence-electron chi connectivity index (χ3n) is 4.71. The summed E-state index contributed by atoms with van der Waals surface area (Å²) in [5, 5.41) is 13.0. The van der Waals surface area contributed by atoms with Crippen LogP contribution in [-0.4, -0.2) is 51.5 Å². The lowest BCUT2D eigenvalue weighted by Crippen LogP contribution is -2.44. The van der Waals surface area contributed by atoms with Gasteiger partial charge in [-0.1, -0.05) is 5.11 Å². The summed E-state index contributed by atoms with van der Waals surface area (Å²) in [5.74, 6) is -0.761. The first-order valence-electron chi connectivity index (χ1n) is 8.70. The third-order valence-corrected chi connectivity index (χ3v) is 4.71. The van der Waals surface area contributed by atoms with Crippen LogP contribution in [0, 0.1) is 6.92 Å². The van der Waals surface area contributed by atoms with E-state index in [1.54, 1.807) is 20.8 Å². The van der Waals surface area contributed by atoms with Crippen molar-refractivity contribution < 1.29 is 19.3 Å². The largest absolute Gasteiger partial charge is 0.394 e. The molecule has 0 radical (unpaired) electrons. The van der Waals surface area contributed by atoms with Crippen molar-refractivity contribution in [2.75, 3.05) is 13.2 Å². The summed E-state index contributed by atoms with van der Waals surface area (Å²) in [6.45, 7) is 5.13. The minimum absolute atomic E-state index is 0.0543. The van der Waals surface area contributed by atoms with Crippen LogP contribution in [0.15, 0.2) is 20.9 Å². The normalized spacial score (nSPS) is 29.6. The second-order valence-electron chi connectivity index (χ2n) is 7.19. The maximum absolute atomic E-state index is 12.9.